The van der Waals surface area contributed by atoms with E-state index in [9.17, 15) is 13.2 Å². The van der Waals surface area contributed by atoms with E-state index in [2.05, 4.69) is 26.1 Å². The van der Waals surface area contributed by atoms with Crippen molar-refractivity contribution in [2.45, 2.75) is 44.8 Å². The van der Waals surface area contributed by atoms with E-state index in [4.69, 9.17) is 4.74 Å². The van der Waals surface area contributed by atoms with Crippen LogP contribution in [0.15, 0.2) is 24.3 Å². The van der Waals surface area contributed by atoms with Gasteiger partial charge in [0.1, 0.15) is 6.61 Å². The maximum absolute atomic E-state index is 12.1. The van der Waals surface area contributed by atoms with Gasteiger partial charge in [-0.2, -0.15) is 13.2 Å². The van der Waals surface area contributed by atoms with Crippen molar-refractivity contribution < 1.29 is 17.9 Å². The maximum Gasteiger partial charge on any atom is 0.411 e. The van der Waals surface area contributed by atoms with Crippen LogP contribution in [0.25, 0.3) is 0 Å². The zero-order valence-electron chi connectivity index (χ0n) is 13.1. The van der Waals surface area contributed by atoms with E-state index in [-0.39, 0.29) is 18.1 Å². The van der Waals surface area contributed by atoms with E-state index >= 15 is 0 Å². The minimum Gasteiger partial charge on any atom is -0.370 e. The third-order valence-corrected chi connectivity index (χ3v) is 3.88. The van der Waals surface area contributed by atoms with Crippen molar-refractivity contribution in [3.63, 3.8) is 0 Å². The predicted octanol–water partition coefficient (Wildman–Crippen LogP) is 4.21. The van der Waals surface area contributed by atoms with Crippen LogP contribution in [-0.4, -0.2) is 26.4 Å². The Morgan fingerprint density at radius 2 is 1.71 bits per heavy atom. The van der Waals surface area contributed by atoms with Crippen molar-refractivity contribution in [1.82, 2.24) is 5.32 Å². The van der Waals surface area contributed by atoms with E-state index in [0.29, 0.717) is 0 Å². The lowest BCUT2D eigenvalue weighted by Gasteiger charge is -2.24. The smallest absolute Gasteiger partial charge is 0.370 e. The summed E-state index contributed by atoms with van der Waals surface area (Å²) in [7, 11) is 1.71. The van der Waals surface area contributed by atoms with E-state index < -0.39 is 12.8 Å². The fourth-order valence-corrected chi connectivity index (χ4v) is 2.01. The van der Waals surface area contributed by atoms with Crippen molar-refractivity contribution in [3.8, 4) is 0 Å². The summed E-state index contributed by atoms with van der Waals surface area (Å²) in [6.07, 6.45) is -3.26. The molecule has 0 saturated heterocycles. The largest absolute Gasteiger partial charge is 0.411 e. The van der Waals surface area contributed by atoms with Crippen LogP contribution in [0.5, 0.6) is 0 Å². The van der Waals surface area contributed by atoms with E-state index in [1.54, 1.807) is 7.05 Å². The second kappa shape index (κ2) is 7.27. The third-order valence-electron chi connectivity index (χ3n) is 3.88. The van der Waals surface area contributed by atoms with Crippen LogP contribution < -0.4 is 5.32 Å². The minimum absolute atomic E-state index is 0.00741. The fraction of sp³-hybridized carbons (Fsp3) is 0.625. The Labute approximate surface area is 124 Å². The van der Waals surface area contributed by atoms with Crippen LogP contribution in [0.3, 0.4) is 0 Å². The summed E-state index contributed by atoms with van der Waals surface area (Å²) in [5.41, 5.74) is 2.25. The summed E-state index contributed by atoms with van der Waals surface area (Å²) in [5, 5.41) is 2.98. The third kappa shape index (κ3) is 5.67. The average Bonchev–Trinajstić information content (AvgIpc) is 2.43. The van der Waals surface area contributed by atoms with Crippen molar-refractivity contribution in [2.24, 2.45) is 0 Å². The molecule has 0 radical (unpaired) electrons. The van der Waals surface area contributed by atoms with Crippen LogP contribution in [0.2, 0.25) is 0 Å². The highest BCUT2D eigenvalue weighted by molar-refractivity contribution is 5.29. The van der Waals surface area contributed by atoms with E-state index in [1.807, 2.05) is 24.3 Å². The summed E-state index contributed by atoms with van der Waals surface area (Å²) in [5.74, 6) is 0. The number of hydrogen-bond donors (Lipinski definition) is 1. The lowest BCUT2D eigenvalue weighted by molar-refractivity contribution is -0.175. The molecule has 0 spiro atoms. The number of likely N-dealkylation sites (N-methyl/N-ethyl adjacent to an activating group) is 1. The fourth-order valence-electron chi connectivity index (χ4n) is 2.01. The molecule has 1 N–H and O–H groups in total. The molecular weight excluding hydrogens is 279 g/mol. The zero-order chi connectivity index (χ0) is 16.1. The molecule has 0 saturated carbocycles. The standard InChI is InChI=1S/C16H24F3NO/c1-5-15(2,3)13-8-6-12(7-9-13)14(20-4)10-21-11-16(17,18)19/h6-9,14,20H,5,10-11H2,1-4H3. The first-order valence-electron chi connectivity index (χ1n) is 7.12. The van der Waals surface area contributed by atoms with Gasteiger partial charge >= 0.3 is 6.18 Å². The number of alkyl halides is 3. The van der Waals surface area contributed by atoms with Gasteiger partial charge in [0.15, 0.2) is 0 Å². The molecule has 1 unspecified atom stereocenters. The highest BCUT2D eigenvalue weighted by atomic mass is 19.4. The molecule has 120 valence electrons. The number of benzene rings is 1. The Morgan fingerprint density at radius 3 is 2.14 bits per heavy atom. The molecule has 0 aliphatic heterocycles. The molecule has 1 rings (SSSR count). The molecule has 5 heteroatoms. The van der Waals surface area contributed by atoms with Crippen LogP contribution in [0.1, 0.15) is 44.4 Å². The molecule has 0 aliphatic carbocycles. The van der Waals surface area contributed by atoms with Crippen LogP contribution >= 0.6 is 0 Å². The van der Waals surface area contributed by atoms with E-state index in [1.165, 1.54) is 5.56 Å². The van der Waals surface area contributed by atoms with Crippen molar-refractivity contribution >= 4 is 0 Å². The Morgan fingerprint density at radius 1 is 1.14 bits per heavy atom. The predicted molar refractivity (Wildman–Crippen MR) is 78.4 cm³/mol. The molecule has 2 nitrogen and oxygen atoms in total. The van der Waals surface area contributed by atoms with Crippen molar-refractivity contribution in [2.75, 3.05) is 20.3 Å². The molecular formula is C16H24F3NO. The second-order valence-corrected chi connectivity index (χ2v) is 5.83. The molecule has 0 amide bonds. The second-order valence-electron chi connectivity index (χ2n) is 5.83. The summed E-state index contributed by atoms with van der Waals surface area (Å²) in [4.78, 5) is 0. The number of halogens is 3. The maximum atomic E-state index is 12.1. The van der Waals surface area contributed by atoms with Crippen molar-refractivity contribution in [3.05, 3.63) is 35.4 Å². The van der Waals surface area contributed by atoms with Gasteiger partial charge in [0.2, 0.25) is 0 Å². The average molecular weight is 303 g/mol. The topological polar surface area (TPSA) is 21.3 Å². The van der Waals surface area contributed by atoms with E-state index in [0.717, 1.165) is 12.0 Å². The molecule has 21 heavy (non-hydrogen) atoms. The molecule has 0 aromatic heterocycles. The van der Waals surface area contributed by atoms with Gasteiger partial charge in [-0.15, -0.1) is 0 Å². The number of ether oxygens (including phenoxy) is 1. The van der Waals surface area contributed by atoms with Gasteiger partial charge in [-0.1, -0.05) is 45.0 Å². The molecule has 0 bridgehead atoms. The molecule has 0 fully saturated rings. The van der Waals surface area contributed by atoms with Gasteiger partial charge in [0.25, 0.3) is 0 Å². The highest BCUT2D eigenvalue weighted by Crippen LogP contribution is 2.27. The quantitative estimate of drug-likeness (QED) is 0.814. The van der Waals surface area contributed by atoms with Gasteiger partial charge in [-0.3, -0.25) is 0 Å². The Bertz CT molecular complexity index is 426. The van der Waals surface area contributed by atoms with Gasteiger partial charge in [0.05, 0.1) is 12.6 Å². The summed E-state index contributed by atoms with van der Waals surface area (Å²) < 4.78 is 41.0. The first-order valence-corrected chi connectivity index (χ1v) is 7.12. The molecule has 1 atom stereocenters. The zero-order valence-corrected chi connectivity index (χ0v) is 13.1. The monoisotopic (exact) mass is 303 g/mol. The molecule has 1 aromatic carbocycles. The van der Waals surface area contributed by atoms with Crippen LogP contribution in [-0.2, 0) is 10.2 Å². The van der Waals surface area contributed by atoms with Crippen LogP contribution in [0.4, 0.5) is 13.2 Å². The molecule has 1 aromatic rings. The summed E-state index contributed by atoms with van der Waals surface area (Å²) >= 11 is 0. The van der Waals surface area contributed by atoms with Gasteiger partial charge < -0.3 is 10.1 Å². The lowest BCUT2D eigenvalue weighted by Crippen LogP contribution is -2.25. The number of nitrogens with one attached hydrogen (secondary N) is 1. The Hall–Kier alpha value is -1.07. The first-order chi connectivity index (χ1) is 9.69. The van der Waals surface area contributed by atoms with Gasteiger partial charge in [-0.05, 0) is 30.0 Å². The SMILES string of the molecule is CCC(C)(C)c1ccc(C(COCC(F)(F)F)NC)cc1. The molecule has 0 aliphatic rings. The first kappa shape index (κ1) is 18.0. The summed E-state index contributed by atoms with van der Waals surface area (Å²) in [6.45, 7) is 5.25. The van der Waals surface area contributed by atoms with Crippen LogP contribution in [0, 0.1) is 0 Å². The number of rotatable bonds is 7. The summed E-state index contributed by atoms with van der Waals surface area (Å²) in [6, 6.07) is 7.72. The number of hydrogen-bond acceptors (Lipinski definition) is 2. The normalized spacial score (nSPS) is 14.2. The minimum atomic E-state index is -4.28. The highest BCUT2D eigenvalue weighted by Gasteiger charge is 2.28. The van der Waals surface area contributed by atoms with Gasteiger partial charge in [0, 0.05) is 0 Å². The van der Waals surface area contributed by atoms with Gasteiger partial charge in [-0.25, -0.2) is 0 Å². The molecule has 0 heterocycles. The Kier molecular flexibility index (Phi) is 6.23. The Balaban J connectivity index is 2.70. The lowest BCUT2D eigenvalue weighted by atomic mass is 9.82. The van der Waals surface area contributed by atoms with Crippen molar-refractivity contribution in [1.29, 1.82) is 0 Å².